The van der Waals surface area contributed by atoms with Crippen LogP contribution in [0.25, 0.3) is 10.6 Å². The van der Waals surface area contributed by atoms with Crippen molar-refractivity contribution in [1.82, 2.24) is 9.97 Å². The summed E-state index contributed by atoms with van der Waals surface area (Å²) in [6, 6.07) is 14.7. The van der Waals surface area contributed by atoms with Gasteiger partial charge in [0.15, 0.2) is 15.3 Å². The molecule has 0 saturated carbocycles. The molecule has 0 saturated heterocycles. The summed E-state index contributed by atoms with van der Waals surface area (Å²) in [5.41, 5.74) is 2.21. The van der Waals surface area contributed by atoms with Crippen molar-refractivity contribution in [3.05, 3.63) is 83.5 Å². The number of carbonyl (C=O) groups is 2. The van der Waals surface area contributed by atoms with Gasteiger partial charge in [-0.05, 0) is 59.5 Å². The van der Waals surface area contributed by atoms with Crippen LogP contribution in [0.4, 0.5) is 0 Å². The number of rotatable bonds is 6. The summed E-state index contributed by atoms with van der Waals surface area (Å²) in [6.07, 6.45) is 0. The highest BCUT2D eigenvalue weighted by atomic mass is 79.9. The van der Waals surface area contributed by atoms with E-state index in [1.54, 1.807) is 42.8 Å². The van der Waals surface area contributed by atoms with Gasteiger partial charge in [-0.3, -0.25) is 0 Å². The van der Waals surface area contributed by atoms with E-state index in [0.29, 0.717) is 34.0 Å². The number of aromatic nitrogens is 2. The Labute approximate surface area is 253 Å². The minimum absolute atomic E-state index is 0.364. The summed E-state index contributed by atoms with van der Waals surface area (Å²) < 4.78 is 12.2. The van der Waals surface area contributed by atoms with E-state index in [1.165, 1.54) is 22.7 Å². The first-order valence-corrected chi connectivity index (χ1v) is 15.1. The summed E-state index contributed by atoms with van der Waals surface area (Å²) in [4.78, 5) is 30.6. The number of carbonyl (C=O) groups excluding carboxylic acids is 2. The van der Waals surface area contributed by atoms with Gasteiger partial charge in [0.05, 0.1) is 13.2 Å². The third kappa shape index (κ3) is 11.0. The average Bonchev–Trinajstić information content (AvgIpc) is 3.55. The highest BCUT2D eigenvalue weighted by Gasteiger charge is 2.13. The Kier molecular flexibility index (Phi) is 14.4. The molecule has 38 heavy (non-hydrogen) atoms. The smallest absolute Gasteiger partial charge is 0.461 e. The van der Waals surface area contributed by atoms with Crippen molar-refractivity contribution in [3.8, 4) is 10.6 Å². The van der Waals surface area contributed by atoms with E-state index >= 15 is 0 Å². The molecule has 4 aromatic rings. The Morgan fingerprint density at radius 3 is 1.87 bits per heavy atom. The Morgan fingerprint density at radius 2 is 1.39 bits per heavy atom. The predicted molar refractivity (Wildman–Crippen MR) is 161 cm³/mol. The minimum Gasteiger partial charge on any atom is -0.461 e. The van der Waals surface area contributed by atoms with Crippen molar-refractivity contribution in [2.75, 3.05) is 13.2 Å². The second kappa shape index (κ2) is 16.9. The molecule has 2 N–H and O–H groups in total. The number of nitrogens with zero attached hydrogens (tertiary/aromatic N) is 2. The molecule has 200 valence electrons. The van der Waals surface area contributed by atoms with Crippen molar-refractivity contribution < 1.29 is 29.1 Å². The van der Waals surface area contributed by atoms with Crippen LogP contribution in [-0.4, -0.2) is 52.3 Å². The summed E-state index contributed by atoms with van der Waals surface area (Å²) in [5.74, 6) is -0.737. The van der Waals surface area contributed by atoms with Gasteiger partial charge in [0.1, 0.15) is 5.01 Å². The minimum atomic E-state index is -1.38. The highest BCUT2D eigenvalue weighted by molar-refractivity contribution is 9.11. The molecular weight excluding hydrogens is 727 g/mol. The molecule has 4 rings (SSSR count). The van der Waals surface area contributed by atoms with Gasteiger partial charge in [0.25, 0.3) is 0 Å². The lowest BCUT2D eigenvalue weighted by Gasteiger charge is -1.97. The summed E-state index contributed by atoms with van der Waals surface area (Å²) in [5, 5.41) is 21.6. The van der Waals surface area contributed by atoms with Crippen molar-refractivity contribution >= 4 is 95.0 Å². The van der Waals surface area contributed by atoms with Gasteiger partial charge < -0.3 is 19.5 Å². The number of esters is 2. The molecule has 2 aromatic heterocycles. The standard InChI is InChI=1S/C12H10BrNO2S.C6H6BBrO2.C6H6BrNO2S/c1-2-16-12(15)10-7-17-11(14-10)8-4-3-5-9(13)6-8;8-6-3-1-2-5(4-6)7(9)10;1-2-10-5(9)4-3-11-6(7)8-4/h3-7H,2H2,1H3;1-4,9-10H;3H,2H2,1H3. The van der Waals surface area contributed by atoms with Gasteiger partial charge in [0, 0.05) is 25.3 Å². The zero-order valence-corrected chi connectivity index (χ0v) is 26.5. The summed E-state index contributed by atoms with van der Waals surface area (Å²) in [6.45, 7) is 4.29. The van der Waals surface area contributed by atoms with Gasteiger partial charge in [0.2, 0.25) is 0 Å². The average molecular weight is 749 g/mol. The number of thiazole rings is 2. The zero-order chi connectivity index (χ0) is 28.1. The first kappa shape index (κ1) is 32.3. The lowest BCUT2D eigenvalue weighted by Crippen LogP contribution is -2.29. The quantitative estimate of drug-likeness (QED) is 0.183. The van der Waals surface area contributed by atoms with Crippen molar-refractivity contribution in [3.63, 3.8) is 0 Å². The number of halogens is 3. The molecule has 0 amide bonds. The lowest BCUT2D eigenvalue weighted by molar-refractivity contribution is 0.0511. The normalized spacial score (nSPS) is 9.87. The molecule has 0 atom stereocenters. The molecule has 0 unspecified atom stereocenters. The van der Waals surface area contributed by atoms with Crippen LogP contribution in [-0.2, 0) is 9.47 Å². The lowest BCUT2D eigenvalue weighted by atomic mass is 9.81. The fourth-order valence-electron chi connectivity index (χ4n) is 2.54. The van der Waals surface area contributed by atoms with Gasteiger partial charge in [-0.15, -0.1) is 22.7 Å². The summed E-state index contributed by atoms with van der Waals surface area (Å²) in [7, 11) is -1.38. The predicted octanol–water partition coefficient (Wildman–Crippen LogP) is 5.96. The first-order chi connectivity index (χ1) is 18.1. The van der Waals surface area contributed by atoms with E-state index in [4.69, 9.17) is 19.5 Å². The molecule has 0 bridgehead atoms. The zero-order valence-electron chi connectivity index (χ0n) is 20.1. The van der Waals surface area contributed by atoms with E-state index in [9.17, 15) is 9.59 Å². The maximum Gasteiger partial charge on any atom is 0.488 e. The van der Waals surface area contributed by atoms with E-state index in [-0.39, 0.29) is 11.9 Å². The maximum atomic E-state index is 11.5. The van der Waals surface area contributed by atoms with Crippen LogP contribution in [0.5, 0.6) is 0 Å². The van der Waals surface area contributed by atoms with Crippen LogP contribution >= 0.6 is 70.5 Å². The van der Waals surface area contributed by atoms with E-state index in [2.05, 4.69) is 57.8 Å². The van der Waals surface area contributed by atoms with Gasteiger partial charge in [-0.25, -0.2) is 19.6 Å². The van der Waals surface area contributed by atoms with Crippen molar-refractivity contribution in [2.24, 2.45) is 0 Å². The van der Waals surface area contributed by atoms with E-state index < -0.39 is 7.12 Å². The molecule has 14 heteroatoms. The monoisotopic (exact) mass is 746 g/mol. The second-order valence-electron chi connectivity index (χ2n) is 6.90. The van der Waals surface area contributed by atoms with E-state index in [1.807, 2.05) is 30.3 Å². The van der Waals surface area contributed by atoms with Crippen LogP contribution in [0.15, 0.2) is 72.2 Å². The van der Waals surface area contributed by atoms with Crippen LogP contribution in [0.1, 0.15) is 34.8 Å². The van der Waals surface area contributed by atoms with Gasteiger partial charge in [-0.2, -0.15) is 0 Å². The first-order valence-electron chi connectivity index (χ1n) is 10.9. The van der Waals surface area contributed by atoms with Crippen LogP contribution in [0.2, 0.25) is 0 Å². The fourth-order valence-corrected chi connectivity index (χ4v) is 5.13. The number of ether oxygens (including phenoxy) is 2. The number of benzene rings is 2. The molecular formula is C24H22BBr3N2O6S2. The fraction of sp³-hybridized carbons (Fsp3) is 0.167. The third-order valence-electron chi connectivity index (χ3n) is 4.17. The van der Waals surface area contributed by atoms with Crippen molar-refractivity contribution in [2.45, 2.75) is 13.8 Å². The Bertz CT molecular complexity index is 1340. The van der Waals surface area contributed by atoms with Crippen molar-refractivity contribution in [1.29, 1.82) is 0 Å². The third-order valence-corrected chi connectivity index (χ3v) is 7.41. The molecule has 0 spiro atoms. The van der Waals surface area contributed by atoms with Crippen LogP contribution < -0.4 is 5.46 Å². The maximum absolute atomic E-state index is 11.5. The molecule has 2 heterocycles. The number of hydrogen-bond donors (Lipinski definition) is 2. The number of hydrogen-bond acceptors (Lipinski definition) is 10. The van der Waals surface area contributed by atoms with E-state index in [0.717, 1.165) is 19.5 Å². The Balaban J connectivity index is 0.000000211. The van der Waals surface area contributed by atoms with Crippen LogP contribution in [0.3, 0.4) is 0 Å². The molecule has 0 radical (unpaired) electrons. The van der Waals surface area contributed by atoms with Gasteiger partial charge in [-0.1, -0.05) is 56.1 Å². The largest absolute Gasteiger partial charge is 0.488 e. The molecule has 0 aliphatic rings. The SMILES string of the molecule is CCOC(=O)c1csc(-c2cccc(Br)c2)n1.CCOC(=O)c1csc(Br)n1.OB(O)c1cccc(Br)c1. The molecule has 2 aromatic carbocycles. The highest BCUT2D eigenvalue weighted by Crippen LogP contribution is 2.26. The molecule has 8 nitrogen and oxygen atoms in total. The topological polar surface area (TPSA) is 119 Å². The second-order valence-corrected chi connectivity index (χ2v) is 11.7. The Morgan fingerprint density at radius 1 is 0.842 bits per heavy atom. The Hall–Kier alpha value is -1.94. The molecule has 0 aliphatic heterocycles. The summed E-state index contributed by atoms with van der Waals surface area (Å²) >= 11 is 12.6. The molecule has 0 aliphatic carbocycles. The van der Waals surface area contributed by atoms with Gasteiger partial charge >= 0.3 is 19.1 Å². The van der Waals surface area contributed by atoms with Crippen LogP contribution in [0, 0.1) is 0 Å². The molecule has 0 fully saturated rings.